The van der Waals surface area contributed by atoms with Crippen LogP contribution < -0.4 is 10.1 Å². The lowest BCUT2D eigenvalue weighted by Gasteiger charge is -2.18. The molecule has 1 heterocycles. The number of rotatable bonds is 5. The number of methoxy groups -OCH3 is 1. The quantitative estimate of drug-likeness (QED) is 0.898. The lowest BCUT2D eigenvalue weighted by molar-refractivity contribution is 0.0933. The average Bonchev–Trinajstić information content (AvgIpc) is 2.87. The summed E-state index contributed by atoms with van der Waals surface area (Å²) in [6, 6.07) is 8.23. The predicted molar refractivity (Wildman–Crippen MR) is 101 cm³/mol. The van der Waals surface area contributed by atoms with Crippen LogP contribution in [0.1, 0.15) is 59.6 Å². The molecule has 1 aliphatic carbocycles. The number of carbonyl (C=O) groups excluding carboxylic acids is 1. The lowest BCUT2D eigenvalue weighted by Crippen LogP contribution is -2.32. The van der Waals surface area contributed by atoms with E-state index in [2.05, 4.69) is 28.9 Å². The van der Waals surface area contributed by atoms with Crippen molar-refractivity contribution in [3.8, 4) is 5.75 Å². The predicted octanol–water partition coefficient (Wildman–Crippen LogP) is 3.87. The molecule has 4 heteroatoms. The molecule has 0 atom stereocenters. The van der Waals surface area contributed by atoms with E-state index < -0.39 is 0 Å². The zero-order valence-corrected chi connectivity index (χ0v) is 15.7. The molecular formula is C21H28N2O2. The molecule has 134 valence electrons. The number of nitrogens with zero attached hydrogens (tertiary/aromatic N) is 1. The molecule has 1 aliphatic rings. The maximum Gasteiger partial charge on any atom is 0.268 e. The van der Waals surface area contributed by atoms with Crippen LogP contribution in [0.25, 0.3) is 0 Å². The first kappa shape index (κ1) is 17.6. The van der Waals surface area contributed by atoms with Gasteiger partial charge >= 0.3 is 0 Å². The van der Waals surface area contributed by atoms with E-state index in [0.29, 0.717) is 6.54 Å². The summed E-state index contributed by atoms with van der Waals surface area (Å²) in [7, 11) is 1.68. The summed E-state index contributed by atoms with van der Waals surface area (Å²) in [6.07, 6.45) is 4.53. The molecule has 1 N–H and O–H groups in total. The van der Waals surface area contributed by atoms with Gasteiger partial charge in [-0.25, -0.2) is 0 Å². The van der Waals surface area contributed by atoms with Crippen molar-refractivity contribution in [1.29, 1.82) is 0 Å². The zero-order valence-electron chi connectivity index (χ0n) is 15.7. The van der Waals surface area contributed by atoms with Gasteiger partial charge in [0.05, 0.1) is 7.11 Å². The molecule has 2 aromatic rings. The smallest absolute Gasteiger partial charge is 0.268 e. The van der Waals surface area contributed by atoms with Gasteiger partial charge in [-0.2, -0.15) is 0 Å². The Morgan fingerprint density at radius 2 is 2.04 bits per heavy atom. The van der Waals surface area contributed by atoms with E-state index in [1.807, 2.05) is 26.0 Å². The Bertz CT molecular complexity index is 774. The Labute approximate surface area is 150 Å². The second-order valence-electron chi connectivity index (χ2n) is 7.17. The summed E-state index contributed by atoms with van der Waals surface area (Å²) in [5, 5.41) is 3.07. The van der Waals surface area contributed by atoms with Crippen LogP contribution in [0.15, 0.2) is 24.3 Å². The molecule has 1 aromatic heterocycles. The van der Waals surface area contributed by atoms with Gasteiger partial charge in [-0.15, -0.1) is 0 Å². The van der Waals surface area contributed by atoms with Gasteiger partial charge in [0.2, 0.25) is 0 Å². The molecule has 0 saturated heterocycles. The SMILES string of the molecule is COc1cccc(Cn2c3c(c(C)c2C(=O)NC(C)C)CCCC3)c1. The maximum atomic E-state index is 12.9. The van der Waals surface area contributed by atoms with Crippen molar-refractivity contribution < 1.29 is 9.53 Å². The van der Waals surface area contributed by atoms with Gasteiger partial charge in [0.15, 0.2) is 0 Å². The number of amides is 1. The Morgan fingerprint density at radius 3 is 2.76 bits per heavy atom. The molecular weight excluding hydrogens is 312 g/mol. The minimum absolute atomic E-state index is 0.0322. The number of ether oxygens (including phenoxy) is 1. The van der Waals surface area contributed by atoms with Crippen LogP contribution in [-0.4, -0.2) is 23.6 Å². The van der Waals surface area contributed by atoms with E-state index in [1.165, 1.54) is 24.1 Å². The van der Waals surface area contributed by atoms with Gasteiger partial charge in [0.1, 0.15) is 11.4 Å². The van der Waals surface area contributed by atoms with E-state index in [0.717, 1.165) is 35.4 Å². The standard InChI is InChI=1S/C21H28N2O2/c1-14(2)22-21(24)20-15(3)18-10-5-6-11-19(18)23(20)13-16-8-7-9-17(12-16)25-4/h7-9,12,14H,5-6,10-11,13H2,1-4H3,(H,22,24). The van der Waals surface area contributed by atoms with Gasteiger partial charge in [-0.05, 0) is 75.3 Å². The van der Waals surface area contributed by atoms with Gasteiger partial charge in [-0.1, -0.05) is 12.1 Å². The molecule has 0 saturated carbocycles. The first-order chi connectivity index (χ1) is 12.0. The van der Waals surface area contributed by atoms with Crippen LogP contribution >= 0.6 is 0 Å². The molecule has 0 spiro atoms. The van der Waals surface area contributed by atoms with Crippen molar-refractivity contribution in [2.24, 2.45) is 0 Å². The van der Waals surface area contributed by atoms with E-state index in [4.69, 9.17) is 4.74 Å². The van der Waals surface area contributed by atoms with E-state index in [1.54, 1.807) is 7.11 Å². The average molecular weight is 340 g/mol. The monoisotopic (exact) mass is 340 g/mol. The lowest BCUT2D eigenvalue weighted by atomic mass is 9.95. The fourth-order valence-electron chi connectivity index (χ4n) is 3.82. The van der Waals surface area contributed by atoms with Crippen LogP contribution in [0.4, 0.5) is 0 Å². The van der Waals surface area contributed by atoms with Crippen LogP contribution in [0.2, 0.25) is 0 Å². The Morgan fingerprint density at radius 1 is 1.28 bits per heavy atom. The number of nitrogens with one attached hydrogen (secondary N) is 1. The minimum Gasteiger partial charge on any atom is -0.497 e. The van der Waals surface area contributed by atoms with Crippen molar-refractivity contribution in [2.45, 2.75) is 59.0 Å². The molecule has 0 radical (unpaired) electrons. The largest absolute Gasteiger partial charge is 0.497 e. The highest BCUT2D eigenvalue weighted by Crippen LogP contribution is 2.31. The Hall–Kier alpha value is -2.23. The fourth-order valence-corrected chi connectivity index (χ4v) is 3.82. The molecule has 0 fully saturated rings. The normalized spacial score (nSPS) is 13.6. The van der Waals surface area contributed by atoms with Crippen molar-refractivity contribution in [3.63, 3.8) is 0 Å². The van der Waals surface area contributed by atoms with Gasteiger partial charge in [0, 0.05) is 18.3 Å². The van der Waals surface area contributed by atoms with Crippen LogP contribution in [0, 0.1) is 6.92 Å². The number of hydrogen-bond donors (Lipinski definition) is 1. The second-order valence-corrected chi connectivity index (χ2v) is 7.17. The first-order valence-corrected chi connectivity index (χ1v) is 9.16. The number of fused-ring (bicyclic) bond motifs is 1. The third-order valence-corrected chi connectivity index (χ3v) is 4.95. The summed E-state index contributed by atoms with van der Waals surface area (Å²) in [5.74, 6) is 0.883. The molecule has 1 amide bonds. The molecule has 3 rings (SSSR count). The minimum atomic E-state index is 0.0322. The Balaban J connectivity index is 2.05. The third kappa shape index (κ3) is 3.58. The van der Waals surface area contributed by atoms with E-state index >= 15 is 0 Å². The highest BCUT2D eigenvalue weighted by atomic mass is 16.5. The van der Waals surface area contributed by atoms with Crippen molar-refractivity contribution in [3.05, 3.63) is 52.3 Å². The van der Waals surface area contributed by atoms with Crippen LogP contribution in [0.5, 0.6) is 5.75 Å². The first-order valence-electron chi connectivity index (χ1n) is 9.16. The van der Waals surface area contributed by atoms with Crippen molar-refractivity contribution in [1.82, 2.24) is 9.88 Å². The van der Waals surface area contributed by atoms with Crippen LogP contribution in [0.3, 0.4) is 0 Å². The van der Waals surface area contributed by atoms with Gasteiger partial charge in [0.25, 0.3) is 5.91 Å². The fraction of sp³-hybridized carbons (Fsp3) is 0.476. The summed E-state index contributed by atoms with van der Waals surface area (Å²) >= 11 is 0. The molecule has 1 aromatic carbocycles. The van der Waals surface area contributed by atoms with Gasteiger partial charge < -0.3 is 14.6 Å². The van der Waals surface area contributed by atoms with E-state index in [-0.39, 0.29) is 11.9 Å². The third-order valence-electron chi connectivity index (χ3n) is 4.95. The van der Waals surface area contributed by atoms with Crippen molar-refractivity contribution >= 4 is 5.91 Å². The van der Waals surface area contributed by atoms with E-state index in [9.17, 15) is 4.79 Å². The van der Waals surface area contributed by atoms with Crippen LogP contribution in [-0.2, 0) is 19.4 Å². The number of carbonyl (C=O) groups is 1. The number of aromatic nitrogens is 1. The summed E-state index contributed by atoms with van der Waals surface area (Å²) in [5.41, 5.74) is 5.84. The Kier molecular flexibility index (Phi) is 5.16. The number of benzene rings is 1. The molecule has 0 unspecified atom stereocenters. The second kappa shape index (κ2) is 7.34. The topological polar surface area (TPSA) is 43.3 Å². The highest BCUT2D eigenvalue weighted by Gasteiger charge is 2.26. The maximum absolute atomic E-state index is 12.9. The molecule has 0 bridgehead atoms. The summed E-state index contributed by atoms with van der Waals surface area (Å²) in [6.45, 7) is 6.81. The highest BCUT2D eigenvalue weighted by molar-refractivity contribution is 5.95. The number of hydrogen-bond acceptors (Lipinski definition) is 2. The summed E-state index contributed by atoms with van der Waals surface area (Å²) in [4.78, 5) is 12.9. The zero-order chi connectivity index (χ0) is 18.0. The summed E-state index contributed by atoms with van der Waals surface area (Å²) < 4.78 is 7.58. The molecule has 25 heavy (non-hydrogen) atoms. The van der Waals surface area contributed by atoms with Crippen molar-refractivity contribution in [2.75, 3.05) is 7.11 Å². The molecule has 0 aliphatic heterocycles. The van der Waals surface area contributed by atoms with Gasteiger partial charge in [-0.3, -0.25) is 4.79 Å². The molecule has 4 nitrogen and oxygen atoms in total.